The maximum absolute atomic E-state index is 13.7. The fourth-order valence-corrected chi connectivity index (χ4v) is 2.25. The number of ether oxygens (including phenoxy) is 1. The van der Waals surface area contributed by atoms with Gasteiger partial charge >= 0.3 is 0 Å². The molecule has 0 heterocycles. The summed E-state index contributed by atoms with van der Waals surface area (Å²) in [6.45, 7) is 6.71. The van der Waals surface area contributed by atoms with Crippen LogP contribution in [0, 0.1) is 11.2 Å². The third kappa shape index (κ3) is 4.17. The summed E-state index contributed by atoms with van der Waals surface area (Å²) in [5.41, 5.74) is 5.90. The van der Waals surface area contributed by atoms with Crippen LogP contribution in [0.2, 0.25) is 0 Å². The second-order valence-corrected chi connectivity index (χ2v) is 5.07. The molecule has 21 heavy (non-hydrogen) atoms. The molecule has 0 aliphatic carbocycles. The van der Waals surface area contributed by atoms with E-state index < -0.39 is 11.2 Å². The topological polar surface area (TPSA) is 64.3 Å². The van der Waals surface area contributed by atoms with E-state index in [1.165, 1.54) is 6.07 Å². The highest BCUT2D eigenvalue weighted by molar-refractivity contribution is 5.82. The number of carbonyl (C=O) groups excluding carboxylic acids is 1. The van der Waals surface area contributed by atoms with Gasteiger partial charge in [0.1, 0.15) is 0 Å². The van der Waals surface area contributed by atoms with Crippen LogP contribution in [0.15, 0.2) is 18.2 Å². The van der Waals surface area contributed by atoms with E-state index in [-0.39, 0.29) is 18.2 Å². The summed E-state index contributed by atoms with van der Waals surface area (Å²) >= 11 is 0. The lowest BCUT2D eigenvalue weighted by atomic mass is 9.81. The van der Waals surface area contributed by atoms with E-state index in [4.69, 9.17) is 10.5 Å². The second kappa shape index (κ2) is 7.98. The first kappa shape index (κ1) is 17.4. The quantitative estimate of drug-likeness (QED) is 0.775. The number of benzene rings is 1. The zero-order valence-electron chi connectivity index (χ0n) is 13.0. The molecule has 4 nitrogen and oxygen atoms in total. The minimum absolute atomic E-state index is 0.0794. The molecule has 1 aromatic carbocycles. The lowest BCUT2D eigenvalue weighted by Gasteiger charge is -2.28. The molecule has 0 aromatic heterocycles. The van der Waals surface area contributed by atoms with Crippen molar-refractivity contribution < 1.29 is 13.9 Å². The molecule has 118 valence electrons. The standard InChI is InChI=1S/C16H25FN2O2/c1-4-16(5-2,11-18)15(20)19-10-12-7-8-14(21-6-3)13(17)9-12/h7-9H,4-6,10-11,18H2,1-3H3,(H,19,20). The summed E-state index contributed by atoms with van der Waals surface area (Å²) in [6, 6.07) is 4.71. The molecule has 5 heteroatoms. The molecule has 1 amide bonds. The van der Waals surface area contributed by atoms with Gasteiger partial charge in [0, 0.05) is 13.1 Å². The molecule has 0 saturated carbocycles. The Morgan fingerprint density at radius 3 is 2.48 bits per heavy atom. The molecular formula is C16H25FN2O2. The molecular weight excluding hydrogens is 271 g/mol. The average Bonchev–Trinajstić information content (AvgIpc) is 2.50. The molecule has 1 rings (SSSR count). The molecule has 0 radical (unpaired) electrons. The lowest BCUT2D eigenvalue weighted by molar-refractivity contribution is -0.131. The first-order valence-corrected chi connectivity index (χ1v) is 7.42. The Hall–Kier alpha value is -1.62. The van der Waals surface area contributed by atoms with Crippen LogP contribution < -0.4 is 15.8 Å². The molecule has 1 aromatic rings. The molecule has 0 aliphatic heterocycles. The van der Waals surface area contributed by atoms with E-state index in [9.17, 15) is 9.18 Å². The highest BCUT2D eigenvalue weighted by Crippen LogP contribution is 2.25. The van der Waals surface area contributed by atoms with Crippen LogP contribution in [0.25, 0.3) is 0 Å². The molecule has 0 saturated heterocycles. The Bertz CT molecular complexity index is 465. The predicted molar refractivity (Wildman–Crippen MR) is 81.5 cm³/mol. The van der Waals surface area contributed by atoms with Crippen molar-refractivity contribution in [2.75, 3.05) is 13.2 Å². The van der Waals surface area contributed by atoms with Gasteiger partial charge in [0.25, 0.3) is 0 Å². The average molecular weight is 296 g/mol. The van der Waals surface area contributed by atoms with Gasteiger partial charge in [-0.2, -0.15) is 0 Å². The third-order valence-corrected chi connectivity index (χ3v) is 3.98. The van der Waals surface area contributed by atoms with Crippen molar-refractivity contribution in [3.05, 3.63) is 29.6 Å². The van der Waals surface area contributed by atoms with Gasteiger partial charge in [-0.3, -0.25) is 4.79 Å². The number of nitrogens with one attached hydrogen (secondary N) is 1. The van der Waals surface area contributed by atoms with E-state index in [1.54, 1.807) is 19.1 Å². The summed E-state index contributed by atoms with van der Waals surface area (Å²) in [5.74, 6) is -0.269. The molecule has 0 unspecified atom stereocenters. The summed E-state index contributed by atoms with van der Waals surface area (Å²) in [5, 5.41) is 2.84. The maximum Gasteiger partial charge on any atom is 0.227 e. The number of carbonyl (C=O) groups is 1. The molecule has 0 atom stereocenters. The summed E-state index contributed by atoms with van der Waals surface area (Å²) in [6.07, 6.45) is 1.37. The van der Waals surface area contributed by atoms with Crippen molar-refractivity contribution >= 4 is 5.91 Å². The zero-order chi connectivity index (χ0) is 15.9. The van der Waals surface area contributed by atoms with Crippen LogP contribution in [-0.2, 0) is 11.3 Å². The largest absolute Gasteiger partial charge is 0.491 e. The fraction of sp³-hybridized carbons (Fsp3) is 0.562. The predicted octanol–water partition coefficient (Wildman–Crippen LogP) is 2.61. The van der Waals surface area contributed by atoms with Crippen molar-refractivity contribution in [2.45, 2.75) is 40.2 Å². The summed E-state index contributed by atoms with van der Waals surface area (Å²) < 4.78 is 18.9. The van der Waals surface area contributed by atoms with Crippen LogP contribution >= 0.6 is 0 Å². The number of rotatable bonds is 8. The van der Waals surface area contributed by atoms with Crippen molar-refractivity contribution in [3.8, 4) is 5.75 Å². The molecule has 0 aliphatic rings. The number of amides is 1. The van der Waals surface area contributed by atoms with Crippen LogP contribution in [0.1, 0.15) is 39.2 Å². The highest BCUT2D eigenvalue weighted by atomic mass is 19.1. The van der Waals surface area contributed by atoms with E-state index >= 15 is 0 Å². The minimum atomic E-state index is -0.538. The van der Waals surface area contributed by atoms with E-state index in [0.29, 0.717) is 31.6 Å². The van der Waals surface area contributed by atoms with Crippen LogP contribution in [0.5, 0.6) is 5.75 Å². The third-order valence-electron chi connectivity index (χ3n) is 3.98. The van der Waals surface area contributed by atoms with Crippen LogP contribution in [0.4, 0.5) is 4.39 Å². The van der Waals surface area contributed by atoms with Crippen molar-refractivity contribution in [2.24, 2.45) is 11.1 Å². The smallest absolute Gasteiger partial charge is 0.227 e. The number of halogens is 1. The van der Waals surface area contributed by atoms with E-state index in [0.717, 1.165) is 0 Å². The Balaban J connectivity index is 2.71. The van der Waals surface area contributed by atoms with Crippen LogP contribution in [0.3, 0.4) is 0 Å². The first-order valence-electron chi connectivity index (χ1n) is 7.42. The molecule has 0 spiro atoms. The van der Waals surface area contributed by atoms with Crippen LogP contribution in [-0.4, -0.2) is 19.1 Å². The van der Waals surface area contributed by atoms with Gasteiger partial charge in [0.05, 0.1) is 12.0 Å². The van der Waals surface area contributed by atoms with Gasteiger partial charge in [-0.05, 0) is 37.5 Å². The highest BCUT2D eigenvalue weighted by Gasteiger charge is 2.32. The van der Waals surface area contributed by atoms with Gasteiger partial charge < -0.3 is 15.8 Å². The Kier molecular flexibility index (Phi) is 6.62. The first-order chi connectivity index (χ1) is 10.0. The SMILES string of the molecule is CCOc1ccc(CNC(=O)C(CC)(CC)CN)cc1F. The molecule has 3 N–H and O–H groups in total. The van der Waals surface area contributed by atoms with Gasteiger partial charge in [0.2, 0.25) is 5.91 Å². The number of hydrogen-bond donors (Lipinski definition) is 2. The van der Waals surface area contributed by atoms with Crippen molar-refractivity contribution in [1.29, 1.82) is 0 Å². The maximum atomic E-state index is 13.7. The minimum Gasteiger partial charge on any atom is -0.491 e. The van der Waals surface area contributed by atoms with E-state index in [2.05, 4.69) is 5.32 Å². The normalized spacial score (nSPS) is 11.3. The van der Waals surface area contributed by atoms with Gasteiger partial charge in [-0.15, -0.1) is 0 Å². The van der Waals surface area contributed by atoms with Gasteiger partial charge in [-0.1, -0.05) is 19.9 Å². The van der Waals surface area contributed by atoms with E-state index in [1.807, 2.05) is 13.8 Å². The molecule has 0 fully saturated rings. The van der Waals surface area contributed by atoms with Crippen molar-refractivity contribution in [3.63, 3.8) is 0 Å². The Morgan fingerprint density at radius 1 is 1.33 bits per heavy atom. The fourth-order valence-electron chi connectivity index (χ4n) is 2.25. The Morgan fingerprint density at radius 2 is 2.00 bits per heavy atom. The van der Waals surface area contributed by atoms with Gasteiger partial charge in [-0.25, -0.2) is 4.39 Å². The second-order valence-electron chi connectivity index (χ2n) is 5.07. The van der Waals surface area contributed by atoms with Crippen molar-refractivity contribution in [1.82, 2.24) is 5.32 Å². The number of nitrogens with two attached hydrogens (primary N) is 1. The monoisotopic (exact) mass is 296 g/mol. The summed E-state index contributed by atoms with van der Waals surface area (Å²) in [4.78, 5) is 12.3. The zero-order valence-corrected chi connectivity index (χ0v) is 13.0. The van der Waals surface area contributed by atoms with Gasteiger partial charge in [0.15, 0.2) is 11.6 Å². The number of hydrogen-bond acceptors (Lipinski definition) is 3. The molecule has 0 bridgehead atoms. The lowest BCUT2D eigenvalue weighted by Crippen LogP contribution is -2.45. The Labute approximate surface area is 125 Å². The summed E-state index contributed by atoms with van der Waals surface area (Å²) in [7, 11) is 0.